The molecule has 2 fully saturated rings. The molecule has 2 aliphatic rings. The lowest BCUT2D eigenvalue weighted by Gasteiger charge is -2.29. The van der Waals surface area contributed by atoms with Gasteiger partial charge in [0.25, 0.3) is 0 Å². The topological polar surface area (TPSA) is 61.4 Å². The Bertz CT molecular complexity index is 659. The number of likely N-dealkylation sites (tertiary alicyclic amines) is 1. The normalized spacial score (nSPS) is 23.2. The molecule has 7 heteroatoms. The fourth-order valence-electron chi connectivity index (χ4n) is 4.24. The third-order valence-electron chi connectivity index (χ3n) is 5.80. The number of piperidine rings is 1. The van der Waals surface area contributed by atoms with Crippen LogP contribution in [-0.4, -0.2) is 77.4 Å². The molecule has 1 aromatic rings. The molecular weight excluding hydrogens is 366 g/mol. The van der Waals surface area contributed by atoms with Crippen LogP contribution >= 0.6 is 0 Å². The van der Waals surface area contributed by atoms with E-state index in [2.05, 4.69) is 46.5 Å². The SMILES string of the molecule is CCNC(=NCC1CCCN(C)C1)NC1CCN(c2cc(OC)cc(OC)c2)C1. The van der Waals surface area contributed by atoms with Gasteiger partial charge in [0, 0.05) is 62.7 Å². The molecule has 29 heavy (non-hydrogen) atoms. The molecule has 162 valence electrons. The van der Waals surface area contributed by atoms with E-state index in [-0.39, 0.29) is 0 Å². The highest BCUT2D eigenvalue weighted by Crippen LogP contribution is 2.30. The minimum atomic E-state index is 0.374. The maximum absolute atomic E-state index is 5.42. The van der Waals surface area contributed by atoms with Crippen molar-refractivity contribution < 1.29 is 9.47 Å². The lowest BCUT2D eigenvalue weighted by Crippen LogP contribution is -2.45. The molecule has 7 nitrogen and oxygen atoms in total. The Morgan fingerprint density at radius 3 is 2.52 bits per heavy atom. The van der Waals surface area contributed by atoms with E-state index < -0.39 is 0 Å². The van der Waals surface area contributed by atoms with Gasteiger partial charge in [-0.2, -0.15) is 0 Å². The van der Waals surface area contributed by atoms with Crippen LogP contribution in [0.5, 0.6) is 11.5 Å². The molecule has 0 aromatic heterocycles. The van der Waals surface area contributed by atoms with E-state index in [0.29, 0.717) is 12.0 Å². The Hall–Kier alpha value is -2.15. The van der Waals surface area contributed by atoms with Crippen molar-refractivity contribution >= 4 is 11.6 Å². The van der Waals surface area contributed by atoms with E-state index in [0.717, 1.165) is 62.3 Å². The van der Waals surface area contributed by atoms with Gasteiger partial charge in [-0.25, -0.2) is 0 Å². The monoisotopic (exact) mass is 403 g/mol. The first-order valence-electron chi connectivity index (χ1n) is 10.8. The molecule has 2 heterocycles. The second-order valence-electron chi connectivity index (χ2n) is 8.14. The largest absolute Gasteiger partial charge is 0.497 e. The smallest absolute Gasteiger partial charge is 0.191 e. The lowest BCUT2D eigenvalue weighted by atomic mass is 9.99. The molecule has 3 rings (SSSR count). The Labute approximate surface area is 175 Å². The number of aliphatic imine (C=N–C) groups is 1. The van der Waals surface area contributed by atoms with Crippen LogP contribution in [0.2, 0.25) is 0 Å². The van der Waals surface area contributed by atoms with Crippen molar-refractivity contribution in [2.45, 2.75) is 32.2 Å². The maximum Gasteiger partial charge on any atom is 0.191 e. The molecule has 2 saturated heterocycles. The molecule has 2 N–H and O–H groups in total. The first-order chi connectivity index (χ1) is 14.1. The van der Waals surface area contributed by atoms with Crippen LogP contribution in [0.4, 0.5) is 5.69 Å². The van der Waals surface area contributed by atoms with Gasteiger partial charge < -0.3 is 29.9 Å². The van der Waals surface area contributed by atoms with Gasteiger partial charge >= 0.3 is 0 Å². The number of anilines is 1. The summed E-state index contributed by atoms with van der Waals surface area (Å²) >= 11 is 0. The first-order valence-corrected chi connectivity index (χ1v) is 10.8. The predicted octanol–water partition coefficient (Wildman–Crippen LogP) is 2.18. The summed E-state index contributed by atoms with van der Waals surface area (Å²) < 4.78 is 10.8. The second kappa shape index (κ2) is 10.6. The summed E-state index contributed by atoms with van der Waals surface area (Å²) in [6.45, 7) is 8.19. The molecular formula is C22H37N5O2. The number of hydrogen-bond acceptors (Lipinski definition) is 5. The van der Waals surface area contributed by atoms with Crippen LogP contribution in [0.25, 0.3) is 0 Å². The Kier molecular flexibility index (Phi) is 7.86. The van der Waals surface area contributed by atoms with Gasteiger partial charge in [0.05, 0.1) is 14.2 Å². The zero-order valence-electron chi connectivity index (χ0n) is 18.4. The number of nitrogens with one attached hydrogen (secondary N) is 2. The summed E-state index contributed by atoms with van der Waals surface area (Å²) in [7, 11) is 5.59. The quantitative estimate of drug-likeness (QED) is 0.538. The summed E-state index contributed by atoms with van der Waals surface area (Å²) in [5.41, 5.74) is 1.14. The van der Waals surface area contributed by atoms with Crippen LogP contribution < -0.4 is 25.0 Å². The molecule has 2 aliphatic heterocycles. The fourth-order valence-corrected chi connectivity index (χ4v) is 4.24. The second-order valence-corrected chi connectivity index (χ2v) is 8.14. The zero-order valence-corrected chi connectivity index (χ0v) is 18.4. The Balaban J connectivity index is 1.58. The van der Waals surface area contributed by atoms with Crippen LogP contribution in [0.15, 0.2) is 23.2 Å². The average Bonchev–Trinajstić information content (AvgIpc) is 3.20. The van der Waals surface area contributed by atoms with E-state index in [1.165, 1.54) is 19.4 Å². The summed E-state index contributed by atoms with van der Waals surface area (Å²) in [6, 6.07) is 6.43. The molecule has 0 saturated carbocycles. The van der Waals surface area contributed by atoms with Gasteiger partial charge in [0.15, 0.2) is 5.96 Å². The van der Waals surface area contributed by atoms with Gasteiger partial charge in [-0.15, -0.1) is 0 Å². The number of hydrogen-bond donors (Lipinski definition) is 2. The standard InChI is InChI=1S/C22H37N5O2/c1-5-23-22(24-14-17-7-6-9-26(2)15-17)25-18-8-10-27(16-18)19-11-20(28-3)13-21(12-19)29-4/h11-13,17-18H,5-10,14-16H2,1-4H3,(H2,23,24,25). The predicted molar refractivity (Wildman–Crippen MR) is 119 cm³/mol. The zero-order chi connectivity index (χ0) is 20.6. The van der Waals surface area contributed by atoms with E-state index in [9.17, 15) is 0 Å². The van der Waals surface area contributed by atoms with Gasteiger partial charge in [-0.05, 0) is 45.7 Å². The molecule has 0 spiro atoms. The molecule has 0 bridgehead atoms. The summed E-state index contributed by atoms with van der Waals surface area (Å²) in [5, 5.41) is 7.06. The van der Waals surface area contributed by atoms with Crippen molar-refractivity contribution in [3.8, 4) is 11.5 Å². The minimum Gasteiger partial charge on any atom is -0.497 e. The average molecular weight is 404 g/mol. The molecule has 0 radical (unpaired) electrons. The van der Waals surface area contributed by atoms with Crippen LogP contribution in [0.3, 0.4) is 0 Å². The summed E-state index contributed by atoms with van der Waals surface area (Å²) in [5.74, 6) is 3.25. The van der Waals surface area contributed by atoms with Crippen molar-refractivity contribution in [2.24, 2.45) is 10.9 Å². The highest BCUT2D eigenvalue weighted by Gasteiger charge is 2.24. The number of benzene rings is 1. The van der Waals surface area contributed by atoms with Gasteiger partial charge in [-0.1, -0.05) is 0 Å². The summed E-state index contributed by atoms with van der Waals surface area (Å²) in [6.07, 6.45) is 3.64. The fraction of sp³-hybridized carbons (Fsp3) is 0.682. The highest BCUT2D eigenvalue weighted by atomic mass is 16.5. The number of rotatable bonds is 7. The molecule has 1 aromatic carbocycles. The van der Waals surface area contributed by atoms with E-state index in [4.69, 9.17) is 14.5 Å². The Morgan fingerprint density at radius 2 is 1.86 bits per heavy atom. The molecule has 0 aliphatic carbocycles. The highest BCUT2D eigenvalue weighted by molar-refractivity contribution is 5.80. The van der Waals surface area contributed by atoms with Crippen molar-refractivity contribution in [1.29, 1.82) is 0 Å². The minimum absolute atomic E-state index is 0.374. The van der Waals surface area contributed by atoms with Gasteiger partial charge in [0.2, 0.25) is 0 Å². The van der Waals surface area contributed by atoms with Gasteiger partial charge in [0.1, 0.15) is 11.5 Å². The van der Waals surface area contributed by atoms with Crippen LogP contribution in [-0.2, 0) is 0 Å². The third-order valence-corrected chi connectivity index (χ3v) is 5.80. The van der Waals surface area contributed by atoms with Crippen molar-refractivity contribution in [1.82, 2.24) is 15.5 Å². The van der Waals surface area contributed by atoms with Gasteiger partial charge in [-0.3, -0.25) is 4.99 Å². The molecule has 2 unspecified atom stereocenters. The van der Waals surface area contributed by atoms with Crippen LogP contribution in [0.1, 0.15) is 26.2 Å². The van der Waals surface area contributed by atoms with Crippen molar-refractivity contribution in [2.75, 3.05) is 65.4 Å². The molecule has 0 amide bonds. The first kappa shape index (κ1) is 21.6. The number of guanidine groups is 1. The van der Waals surface area contributed by atoms with Crippen LogP contribution in [0, 0.1) is 5.92 Å². The number of methoxy groups -OCH3 is 2. The van der Waals surface area contributed by atoms with E-state index in [1.807, 2.05) is 6.07 Å². The lowest BCUT2D eigenvalue weighted by molar-refractivity contribution is 0.214. The third kappa shape index (κ3) is 6.16. The summed E-state index contributed by atoms with van der Waals surface area (Å²) in [4.78, 5) is 9.69. The van der Waals surface area contributed by atoms with E-state index in [1.54, 1.807) is 14.2 Å². The number of nitrogens with zero attached hydrogens (tertiary/aromatic N) is 3. The van der Waals surface area contributed by atoms with Crippen molar-refractivity contribution in [3.05, 3.63) is 18.2 Å². The Morgan fingerprint density at radius 1 is 1.10 bits per heavy atom. The molecule has 2 atom stereocenters. The van der Waals surface area contributed by atoms with Crippen molar-refractivity contribution in [3.63, 3.8) is 0 Å². The maximum atomic E-state index is 5.42. The number of ether oxygens (including phenoxy) is 2. The van der Waals surface area contributed by atoms with E-state index >= 15 is 0 Å².